The van der Waals surface area contributed by atoms with E-state index in [-0.39, 0.29) is 0 Å². The Kier molecular flexibility index (Phi) is 6.56. The van der Waals surface area contributed by atoms with E-state index >= 15 is 0 Å². The molecule has 0 unspecified atom stereocenters. The molecule has 0 rings (SSSR count). The minimum absolute atomic E-state index is 1.82. The average Bonchev–Trinajstić information content (AvgIpc) is 1.72. The summed E-state index contributed by atoms with van der Waals surface area (Å²) >= 11 is 0. The molecule has 0 bridgehead atoms. The first-order valence-electron chi connectivity index (χ1n) is 1.36. The highest BCUT2D eigenvalue weighted by Gasteiger charge is 2.04. The van der Waals surface area contributed by atoms with Gasteiger partial charge in [-0.3, -0.25) is 0 Å². The van der Waals surface area contributed by atoms with Gasteiger partial charge in [-0.05, 0) is 0 Å². The maximum absolute atomic E-state index is 9.10. The van der Waals surface area contributed by atoms with E-state index in [2.05, 4.69) is 6.57 Å². The molecule has 0 saturated heterocycles. The highest BCUT2D eigenvalue weighted by Crippen LogP contribution is 1.56. The minimum atomic E-state index is -1.82. The lowest BCUT2D eigenvalue weighted by Gasteiger charge is -1.72. The van der Waals surface area contributed by atoms with Crippen molar-refractivity contribution in [3.8, 4) is 6.57 Å². The van der Waals surface area contributed by atoms with Crippen LogP contribution in [0.5, 0.6) is 0 Å². The maximum Gasteiger partial charge on any atom is 0.414 e. The van der Waals surface area contributed by atoms with Gasteiger partial charge in [0, 0.05) is 6.57 Å². The molecule has 5 heteroatoms. The molecule has 0 aromatic carbocycles. The van der Waals surface area contributed by atoms with E-state index in [1.165, 1.54) is 0 Å². The van der Waals surface area contributed by atoms with Crippen molar-refractivity contribution in [3.63, 3.8) is 0 Å². The highest BCUT2D eigenvalue weighted by molar-refractivity contribution is 6.27. The number of carboxylic acids is 2. The van der Waals surface area contributed by atoms with Crippen molar-refractivity contribution >= 4 is 11.9 Å². The number of nitriles is 1. The summed E-state index contributed by atoms with van der Waals surface area (Å²) in [6, 6.07) is 0. The number of hydrogen-bond acceptors (Lipinski definition) is 3. The molecule has 0 saturated carbocycles. The van der Waals surface area contributed by atoms with Crippen molar-refractivity contribution in [2.24, 2.45) is 0 Å². The van der Waals surface area contributed by atoms with Crippen LogP contribution in [0.15, 0.2) is 0 Å². The van der Waals surface area contributed by atoms with Crippen molar-refractivity contribution in [3.05, 3.63) is 0 Å². The third-order valence-corrected chi connectivity index (χ3v) is 0.183. The second-order valence-electron chi connectivity index (χ2n) is 0.610. The van der Waals surface area contributed by atoms with Gasteiger partial charge in [-0.2, -0.15) is 0 Å². The number of carbonyl (C=O) groups is 2. The summed E-state index contributed by atoms with van der Waals surface area (Å²) in [6.45, 7) is 3.50. The van der Waals surface area contributed by atoms with Gasteiger partial charge in [-0.15, -0.1) is 0 Å². The first-order chi connectivity index (χ1) is 3.64. The van der Waals surface area contributed by atoms with E-state index in [1.807, 2.05) is 0 Å². The number of nitrogens with zero attached hydrogens (tertiary/aromatic N) is 1. The molecule has 0 aliphatic carbocycles. The molecule has 44 valence electrons. The lowest BCUT2D eigenvalue weighted by Crippen LogP contribution is -2.09. The number of hydrogen-bond donors (Lipinski definition) is 2. The SMILES string of the molecule is C#N.O=C(O)C(=O)O. The second kappa shape index (κ2) is 5.43. The summed E-state index contributed by atoms with van der Waals surface area (Å²) in [7, 11) is 0. The molecule has 2 N–H and O–H groups in total. The van der Waals surface area contributed by atoms with E-state index in [0.29, 0.717) is 0 Å². The molecule has 0 radical (unpaired) electrons. The Hall–Kier alpha value is -1.57. The van der Waals surface area contributed by atoms with Gasteiger partial charge in [0.05, 0.1) is 0 Å². The first kappa shape index (κ1) is 9.66. The smallest absolute Gasteiger partial charge is 0.414 e. The molecule has 5 nitrogen and oxygen atoms in total. The quantitative estimate of drug-likeness (QED) is 0.408. The van der Waals surface area contributed by atoms with Gasteiger partial charge in [0.2, 0.25) is 0 Å². The fourth-order valence-electron chi connectivity index (χ4n) is 0. The van der Waals surface area contributed by atoms with Gasteiger partial charge in [0.1, 0.15) is 0 Å². The number of rotatable bonds is 0. The predicted octanol–water partition coefficient (Wildman–Crippen LogP) is -0.705. The summed E-state index contributed by atoms with van der Waals surface area (Å²) < 4.78 is 0. The molecule has 0 aliphatic rings. The Morgan fingerprint density at radius 2 is 1.25 bits per heavy atom. The lowest BCUT2D eigenvalue weighted by atomic mass is 10.7. The predicted molar refractivity (Wildman–Crippen MR) is 21.9 cm³/mol. The Balaban J connectivity index is 0. The Morgan fingerprint density at radius 1 is 1.12 bits per heavy atom. The van der Waals surface area contributed by atoms with Crippen LogP contribution in [0.1, 0.15) is 0 Å². The van der Waals surface area contributed by atoms with Crippen LogP contribution < -0.4 is 0 Å². The third kappa shape index (κ3) is 8.83. The molecular formula is C3H3NO4. The fourth-order valence-corrected chi connectivity index (χ4v) is 0. The minimum Gasteiger partial charge on any atom is -0.473 e. The lowest BCUT2D eigenvalue weighted by molar-refractivity contribution is -0.159. The zero-order chi connectivity index (χ0) is 7.15. The fraction of sp³-hybridized carbons (Fsp3) is 0. The van der Waals surface area contributed by atoms with Gasteiger partial charge in [0.15, 0.2) is 0 Å². The summed E-state index contributed by atoms with van der Waals surface area (Å²) in [5.41, 5.74) is 0. The van der Waals surface area contributed by atoms with Crippen molar-refractivity contribution in [2.75, 3.05) is 0 Å². The van der Waals surface area contributed by atoms with Gasteiger partial charge < -0.3 is 10.2 Å². The molecular weight excluding hydrogens is 114 g/mol. The number of carboxylic acid groups (broad SMARTS) is 2. The van der Waals surface area contributed by atoms with Gasteiger partial charge in [0.25, 0.3) is 0 Å². The number of aliphatic carboxylic acids is 2. The van der Waals surface area contributed by atoms with E-state index in [1.54, 1.807) is 0 Å². The molecule has 0 atom stereocenters. The normalized spacial score (nSPS) is 5.75. The molecule has 0 fully saturated rings. The van der Waals surface area contributed by atoms with E-state index in [0.717, 1.165) is 0 Å². The summed E-state index contributed by atoms with van der Waals surface area (Å²) in [5, 5.41) is 21.3. The second-order valence-corrected chi connectivity index (χ2v) is 0.610. The van der Waals surface area contributed by atoms with Gasteiger partial charge in [-0.1, -0.05) is 0 Å². The highest BCUT2D eigenvalue weighted by atomic mass is 16.4. The third-order valence-electron chi connectivity index (χ3n) is 0.183. The largest absolute Gasteiger partial charge is 0.473 e. The molecule has 0 aromatic rings. The molecule has 0 spiro atoms. The van der Waals surface area contributed by atoms with Crippen molar-refractivity contribution in [1.29, 1.82) is 5.26 Å². The summed E-state index contributed by atoms with van der Waals surface area (Å²) in [6.07, 6.45) is 0. The van der Waals surface area contributed by atoms with E-state index in [4.69, 9.17) is 25.1 Å². The zero-order valence-electron chi connectivity index (χ0n) is 3.74. The van der Waals surface area contributed by atoms with E-state index < -0.39 is 11.9 Å². The van der Waals surface area contributed by atoms with Gasteiger partial charge in [-0.25, -0.2) is 14.9 Å². The topological polar surface area (TPSA) is 98.4 Å². The van der Waals surface area contributed by atoms with Gasteiger partial charge >= 0.3 is 11.9 Å². The van der Waals surface area contributed by atoms with Crippen LogP contribution in [-0.4, -0.2) is 22.2 Å². The first-order valence-corrected chi connectivity index (χ1v) is 1.36. The van der Waals surface area contributed by atoms with Crippen LogP contribution in [0.2, 0.25) is 0 Å². The monoisotopic (exact) mass is 117 g/mol. The van der Waals surface area contributed by atoms with Crippen LogP contribution in [0.4, 0.5) is 0 Å². The standard InChI is InChI=1S/C2H2O4.CHN/c3-1(4)2(5)6;1-2/h(H,3,4)(H,5,6);1H. The molecule has 0 heterocycles. The molecule has 8 heavy (non-hydrogen) atoms. The summed E-state index contributed by atoms with van der Waals surface area (Å²) in [5.74, 6) is -3.65. The Morgan fingerprint density at radius 3 is 1.25 bits per heavy atom. The van der Waals surface area contributed by atoms with Crippen LogP contribution in [0.3, 0.4) is 0 Å². The molecule has 0 aromatic heterocycles. The van der Waals surface area contributed by atoms with Crippen molar-refractivity contribution in [1.82, 2.24) is 0 Å². The molecule has 0 aliphatic heterocycles. The molecule has 0 amide bonds. The van der Waals surface area contributed by atoms with Crippen LogP contribution >= 0.6 is 0 Å². The van der Waals surface area contributed by atoms with Crippen LogP contribution in [0, 0.1) is 11.8 Å². The zero-order valence-corrected chi connectivity index (χ0v) is 3.74. The van der Waals surface area contributed by atoms with Crippen molar-refractivity contribution in [2.45, 2.75) is 0 Å². The van der Waals surface area contributed by atoms with Crippen LogP contribution in [0.25, 0.3) is 0 Å². The average molecular weight is 117 g/mol. The van der Waals surface area contributed by atoms with E-state index in [9.17, 15) is 0 Å². The summed E-state index contributed by atoms with van der Waals surface area (Å²) in [4.78, 5) is 18.2. The maximum atomic E-state index is 9.10. The van der Waals surface area contributed by atoms with Crippen molar-refractivity contribution < 1.29 is 19.8 Å². The Labute approximate surface area is 44.8 Å². The Bertz CT molecular complexity index is 104. The van der Waals surface area contributed by atoms with Crippen LogP contribution in [-0.2, 0) is 9.59 Å².